The molecule has 0 spiro atoms. The fraction of sp³-hybridized carbons (Fsp3) is 0.211. The first-order valence-corrected chi connectivity index (χ1v) is 7.65. The molecule has 22 heavy (non-hydrogen) atoms. The van der Waals surface area contributed by atoms with E-state index in [0.717, 1.165) is 24.2 Å². The SMILES string of the molecule is O=C(O)C1CCc2c(n(-c3ccccc3)c3ccccc23)C1. The van der Waals surface area contributed by atoms with Gasteiger partial charge in [0.05, 0.1) is 11.4 Å². The number of aromatic nitrogens is 1. The van der Waals surface area contributed by atoms with Gasteiger partial charge < -0.3 is 9.67 Å². The number of benzene rings is 2. The van der Waals surface area contributed by atoms with E-state index in [9.17, 15) is 9.90 Å². The molecule has 0 amide bonds. The van der Waals surface area contributed by atoms with Crippen molar-refractivity contribution in [2.24, 2.45) is 5.92 Å². The van der Waals surface area contributed by atoms with Crippen LogP contribution in [0.1, 0.15) is 17.7 Å². The quantitative estimate of drug-likeness (QED) is 0.780. The zero-order valence-electron chi connectivity index (χ0n) is 12.2. The third-order valence-electron chi connectivity index (χ3n) is 4.63. The van der Waals surface area contributed by atoms with E-state index in [4.69, 9.17) is 0 Å². The monoisotopic (exact) mass is 291 g/mol. The molecule has 1 aromatic heterocycles. The lowest BCUT2D eigenvalue weighted by atomic mass is 9.87. The van der Waals surface area contributed by atoms with E-state index < -0.39 is 5.97 Å². The highest BCUT2D eigenvalue weighted by molar-refractivity contribution is 5.88. The number of carboxylic acid groups (broad SMARTS) is 1. The van der Waals surface area contributed by atoms with Crippen LogP contribution in [0.5, 0.6) is 0 Å². The van der Waals surface area contributed by atoms with E-state index in [1.807, 2.05) is 24.3 Å². The number of carboxylic acids is 1. The Kier molecular flexibility index (Phi) is 3.00. The van der Waals surface area contributed by atoms with Crippen LogP contribution >= 0.6 is 0 Å². The molecular weight excluding hydrogens is 274 g/mol. The van der Waals surface area contributed by atoms with Crippen LogP contribution in [-0.2, 0) is 17.6 Å². The third kappa shape index (κ3) is 1.93. The van der Waals surface area contributed by atoms with Crippen LogP contribution in [0.25, 0.3) is 16.6 Å². The average molecular weight is 291 g/mol. The Balaban J connectivity index is 1.99. The predicted molar refractivity (Wildman–Crippen MR) is 86.4 cm³/mol. The summed E-state index contributed by atoms with van der Waals surface area (Å²) in [5.41, 5.74) is 4.75. The molecule has 0 bridgehead atoms. The largest absolute Gasteiger partial charge is 0.481 e. The van der Waals surface area contributed by atoms with E-state index in [-0.39, 0.29) is 5.92 Å². The smallest absolute Gasteiger partial charge is 0.306 e. The minimum Gasteiger partial charge on any atom is -0.481 e. The fourth-order valence-corrected chi connectivity index (χ4v) is 3.59. The van der Waals surface area contributed by atoms with Crippen molar-refractivity contribution >= 4 is 16.9 Å². The molecule has 1 atom stereocenters. The van der Waals surface area contributed by atoms with E-state index >= 15 is 0 Å². The third-order valence-corrected chi connectivity index (χ3v) is 4.63. The second-order valence-corrected chi connectivity index (χ2v) is 5.89. The zero-order valence-corrected chi connectivity index (χ0v) is 12.2. The van der Waals surface area contributed by atoms with Crippen LogP contribution < -0.4 is 0 Å². The number of hydrogen-bond acceptors (Lipinski definition) is 1. The summed E-state index contributed by atoms with van der Waals surface area (Å²) >= 11 is 0. The van der Waals surface area contributed by atoms with Crippen molar-refractivity contribution in [3.8, 4) is 5.69 Å². The van der Waals surface area contributed by atoms with E-state index in [1.54, 1.807) is 0 Å². The molecule has 0 saturated carbocycles. The van der Waals surface area contributed by atoms with Crippen molar-refractivity contribution in [2.75, 3.05) is 0 Å². The van der Waals surface area contributed by atoms with Crippen molar-refractivity contribution in [1.29, 1.82) is 0 Å². The summed E-state index contributed by atoms with van der Waals surface area (Å²) in [5.74, 6) is -0.963. The summed E-state index contributed by atoms with van der Waals surface area (Å²) in [6.45, 7) is 0. The van der Waals surface area contributed by atoms with Gasteiger partial charge in [-0.05, 0) is 36.6 Å². The lowest BCUT2D eigenvalue weighted by Gasteiger charge is -2.21. The number of hydrogen-bond donors (Lipinski definition) is 1. The topological polar surface area (TPSA) is 42.2 Å². The summed E-state index contributed by atoms with van der Waals surface area (Å²) in [5, 5.41) is 10.6. The first-order chi connectivity index (χ1) is 10.8. The van der Waals surface area contributed by atoms with Gasteiger partial charge in [0, 0.05) is 23.2 Å². The number of para-hydroxylation sites is 2. The molecule has 0 fully saturated rings. The van der Waals surface area contributed by atoms with Crippen LogP contribution in [0.15, 0.2) is 54.6 Å². The van der Waals surface area contributed by atoms with E-state index in [0.29, 0.717) is 6.42 Å². The Bertz CT molecular complexity index is 849. The Morgan fingerprint density at radius 2 is 1.77 bits per heavy atom. The Labute approximate surface area is 128 Å². The maximum absolute atomic E-state index is 11.4. The highest BCUT2D eigenvalue weighted by atomic mass is 16.4. The van der Waals surface area contributed by atoms with Crippen LogP contribution in [-0.4, -0.2) is 15.6 Å². The van der Waals surface area contributed by atoms with E-state index in [2.05, 4.69) is 34.9 Å². The second kappa shape index (κ2) is 5.02. The summed E-state index contributed by atoms with van der Waals surface area (Å²) in [6.07, 6.45) is 2.17. The Morgan fingerprint density at radius 1 is 1.05 bits per heavy atom. The maximum Gasteiger partial charge on any atom is 0.306 e. The molecule has 1 aliphatic rings. The number of carbonyl (C=O) groups is 1. The molecule has 0 saturated heterocycles. The van der Waals surface area contributed by atoms with Gasteiger partial charge in [-0.25, -0.2) is 0 Å². The molecule has 0 aliphatic heterocycles. The van der Waals surface area contributed by atoms with Crippen LogP contribution in [0.4, 0.5) is 0 Å². The van der Waals surface area contributed by atoms with Crippen molar-refractivity contribution in [1.82, 2.24) is 4.57 Å². The number of aliphatic carboxylic acids is 1. The molecule has 1 unspecified atom stereocenters. The van der Waals surface area contributed by atoms with Gasteiger partial charge in [0.15, 0.2) is 0 Å². The summed E-state index contributed by atoms with van der Waals surface area (Å²) in [7, 11) is 0. The number of fused-ring (bicyclic) bond motifs is 3. The molecule has 1 heterocycles. The molecule has 4 rings (SSSR count). The van der Waals surface area contributed by atoms with Gasteiger partial charge in [0.25, 0.3) is 0 Å². The van der Waals surface area contributed by atoms with Crippen molar-refractivity contribution in [3.05, 3.63) is 65.9 Å². The minimum atomic E-state index is -0.685. The van der Waals surface area contributed by atoms with Gasteiger partial charge in [-0.3, -0.25) is 4.79 Å². The molecule has 2 aromatic carbocycles. The van der Waals surface area contributed by atoms with Crippen molar-refractivity contribution < 1.29 is 9.90 Å². The van der Waals surface area contributed by atoms with Gasteiger partial charge in [-0.2, -0.15) is 0 Å². The number of nitrogens with zero attached hydrogens (tertiary/aromatic N) is 1. The van der Waals surface area contributed by atoms with Gasteiger partial charge in [0.1, 0.15) is 0 Å². The highest BCUT2D eigenvalue weighted by Gasteiger charge is 2.29. The Morgan fingerprint density at radius 3 is 2.55 bits per heavy atom. The van der Waals surface area contributed by atoms with Crippen molar-refractivity contribution in [3.63, 3.8) is 0 Å². The molecule has 3 nitrogen and oxygen atoms in total. The normalized spacial score (nSPS) is 17.4. The minimum absolute atomic E-state index is 0.278. The maximum atomic E-state index is 11.4. The molecule has 3 heteroatoms. The fourth-order valence-electron chi connectivity index (χ4n) is 3.59. The molecule has 1 aliphatic carbocycles. The predicted octanol–water partition coefficient (Wildman–Crippen LogP) is 3.82. The van der Waals surface area contributed by atoms with Crippen LogP contribution in [0.3, 0.4) is 0 Å². The first kappa shape index (κ1) is 13.1. The van der Waals surface area contributed by atoms with Gasteiger partial charge in [-0.15, -0.1) is 0 Å². The van der Waals surface area contributed by atoms with E-state index in [1.165, 1.54) is 16.5 Å². The second-order valence-electron chi connectivity index (χ2n) is 5.89. The summed E-state index contributed by atoms with van der Waals surface area (Å²) < 4.78 is 2.24. The number of rotatable bonds is 2. The average Bonchev–Trinajstić information content (AvgIpc) is 2.89. The number of aryl methyl sites for hydroxylation is 1. The Hall–Kier alpha value is -2.55. The van der Waals surface area contributed by atoms with Crippen molar-refractivity contribution in [2.45, 2.75) is 19.3 Å². The molecule has 0 radical (unpaired) electrons. The van der Waals surface area contributed by atoms with Gasteiger partial charge >= 0.3 is 5.97 Å². The standard InChI is InChI=1S/C19H17NO2/c21-19(22)13-10-11-16-15-8-4-5-9-17(15)20(18(16)12-13)14-6-2-1-3-7-14/h1-9,13H,10-12H2,(H,21,22). The van der Waals surface area contributed by atoms with Gasteiger partial charge in [0.2, 0.25) is 0 Å². The first-order valence-electron chi connectivity index (χ1n) is 7.65. The molecule has 1 N–H and O–H groups in total. The summed E-state index contributed by atoms with van der Waals surface area (Å²) in [4.78, 5) is 11.4. The van der Waals surface area contributed by atoms with Gasteiger partial charge in [-0.1, -0.05) is 36.4 Å². The zero-order chi connectivity index (χ0) is 15.1. The lowest BCUT2D eigenvalue weighted by Crippen LogP contribution is -2.23. The highest BCUT2D eigenvalue weighted by Crippen LogP contribution is 2.36. The lowest BCUT2D eigenvalue weighted by molar-refractivity contribution is -0.142. The summed E-state index contributed by atoms with van der Waals surface area (Å²) in [6, 6.07) is 18.6. The molecule has 3 aromatic rings. The molecular formula is C19H17NO2. The van der Waals surface area contributed by atoms with Crippen LogP contribution in [0, 0.1) is 5.92 Å². The van der Waals surface area contributed by atoms with Crippen LogP contribution in [0.2, 0.25) is 0 Å². The molecule has 110 valence electrons.